The van der Waals surface area contributed by atoms with Crippen molar-refractivity contribution < 1.29 is 4.79 Å². The molecular formula is C13H10O. The van der Waals surface area contributed by atoms with Gasteiger partial charge in [-0.05, 0) is 34.8 Å². The van der Waals surface area contributed by atoms with Gasteiger partial charge in [-0.15, -0.1) is 0 Å². The molecule has 0 bridgehead atoms. The first-order chi connectivity index (χ1) is 6.84. The van der Waals surface area contributed by atoms with Crippen LogP contribution in [0.4, 0.5) is 0 Å². The van der Waals surface area contributed by atoms with Crippen LogP contribution in [0.3, 0.4) is 0 Å². The molecule has 14 heavy (non-hydrogen) atoms. The van der Waals surface area contributed by atoms with Gasteiger partial charge in [-0.2, -0.15) is 0 Å². The number of allylic oxidation sites excluding steroid dienone is 4. The van der Waals surface area contributed by atoms with Crippen LogP contribution < -0.4 is 0 Å². The van der Waals surface area contributed by atoms with Crippen molar-refractivity contribution >= 4 is 11.4 Å². The summed E-state index contributed by atoms with van der Waals surface area (Å²) in [6, 6.07) is 8.36. The Labute approximate surface area is 82.8 Å². The Morgan fingerprint density at radius 3 is 2.79 bits per heavy atom. The minimum atomic E-state index is 0.223. The number of hydrogen-bond donors (Lipinski definition) is 0. The molecule has 3 rings (SSSR count). The number of hydrogen-bond acceptors (Lipinski definition) is 1. The van der Waals surface area contributed by atoms with Gasteiger partial charge in [0.1, 0.15) is 0 Å². The van der Waals surface area contributed by atoms with E-state index in [0.29, 0.717) is 6.42 Å². The molecule has 0 saturated heterocycles. The summed E-state index contributed by atoms with van der Waals surface area (Å²) >= 11 is 0. The van der Waals surface area contributed by atoms with Crippen LogP contribution in [0, 0.1) is 0 Å². The summed E-state index contributed by atoms with van der Waals surface area (Å²) in [5.74, 6) is 0.223. The first-order valence-electron chi connectivity index (χ1n) is 4.86. The minimum absolute atomic E-state index is 0.223. The van der Waals surface area contributed by atoms with Gasteiger partial charge in [0.2, 0.25) is 0 Å². The second kappa shape index (κ2) is 2.68. The standard InChI is InChI=1S/C13H10O/c14-11-6-5-10-7-9-3-1-2-4-12(9)13(10)8-11/h1-6H,7-8H2. The molecule has 0 spiro atoms. The Morgan fingerprint density at radius 1 is 1.00 bits per heavy atom. The molecule has 0 saturated carbocycles. The van der Waals surface area contributed by atoms with Gasteiger partial charge >= 0.3 is 0 Å². The lowest BCUT2D eigenvalue weighted by Gasteiger charge is -2.07. The number of rotatable bonds is 0. The summed E-state index contributed by atoms with van der Waals surface area (Å²) in [4.78, 5) is 11.3. The van der Waals surface area contributed by atoms with Crippen molar-refractivity contribution in [1.82, 2.24) is 0 Å². The van der Waals surface area contributed by atoms with Crippen LogP contribution in [0.2, 0.25) is 0 Å². The summed E-state index contributed by atoms with van der Waals surface area (Å²) in [6.07, 6.45) is 5.25. The normalized spacial score (nSPS) is 18.4. The van der Waals surface area contributed by atoms with Gasteiger partial charge in [-0.1, -0.05) is 30.3 Å². The van der Waals surface area contributed by atoms with Crippen molar-refractivity contribution in [3.8, 4) is 0 Å². The molecule has 0 atom stereocenters. The Morgan fingerprint density at radius 2 is 1.86 bits per heavy atom. The van der Waals surface area contributed by atoms with Crippen LogP contribution in [0.5, 0.6) is 0 Å². The van der Waals surface area contributed by atoms with Crippen molar-refractivity contribution in [3.05, 3.63) is 53.1 Å². The Hall–Kier alpha value is -1.63. The maximum absolute atomic E-state index is 11.3. The van der Waals surface area contributed by atoms with Gasteiger partial charge in [0, 0.05) is 6.42 Å². The van der Waals surface area contributed by atoms with Crippen molar-refractivity contribution in [2.24, 2.45) is 0 Å². The van der Waals surface area contributed by atoms with E-state index in [2.05, 4.69) is 18.2 Å². The zero-order valence-corrected chi connectivity index (χ0v) is 7.79. The summed E-state index contributed by atoms with van der Waals surface area (Å²) in [6.45, 7) is 0. The first kappa shape index (κ1) is 7.74. The largest absolute Gasteiger partial charge is 0.294 e. The maximum Gasteiger partial charge on any atom is 0.160 e. The third-order valence-electron chi connectivity index (χ3n) is 2.93. The molecule has 0 unspecified atom stereocenters. The Bertz CT molecular complexity index is 478. The third kappa shape index (κ3) is 0.987. The quantitative estimate of drug-likeness (QED) is 0.602. The molecule has 0 aromatic heterocycles. The molecule has 0 N–H and O–H groups in total. The SMILES string of the molecule is O=C1C=CC2=C(C1)c1ccccc1C2. The number of fused-ring (bicyclic) bond motifs is 2. The monoisotopic (exact) mass is 182 g/mol. The van der Waals surface area contributed by atoms with Gasteiger partial charge in [0.25, 0.3) is 0 Å². The average molecular weight is 182 g/mol. The van der Waals surface area contributed by atoms with Gasteiger partial charge in [-0.25, -0.2) is 0 Å². The second-order valence-electron chi connectivity index (χ2n) is 3.81. The first-order valence-corrected chi connectivity index (χ1v) is 4.86. The van der Waals surface area contributed by atoms with E-state index in [-0.39, 0.29) is 5.78 Å². The lowest BCUT2D eigenvalue weighted by Crippen LogP contribution is -1.99. The highest BCUT2D eigenvalue weighted by molar-refractivity contribution is 6.03. The fourth-order valence-corrected chi connectivity index (χ4v) is 2.25. The van der Waals surface area contributed by atoms with E-state index >= 15 is 0 Å². The number of benzene rings is 1. The average Bonchev–Trinajstić information content (AvgIpc) is 2.56. The van der Waals surface area contributed by atoms with Crippen molar-refractivity contribution in [2.45, 2.75) is 12.8 Å². The van der Waals surface area contributed by atoms with E-state index in [4.69, 9.17) is 0 Å². The fourth-order valence-electron chi connectivity index (χ4n) is 2.25. The number of ketones is 1. The highest BCUT2D eigenvalue weighted by Gasteiger charge is 2.23. The van der Waals surface area contributed by atoms with Gasteiger partial charge in [0.05, 0.1) is 0 Å². The smallest absolute Gasteiger partial charge is 0.160 e. The van der Waals surface area contributed by atoms with Crippen LogP contribution in [0.1, 0.15) is 17.5 Å². The lowest BCUT2D eigenvalue weighted by molar-refractivity contribution is -0.113. The predicted molar refractivity (Wildman–Crippen MR) is 55.8 cm³/mol. The Balaban J connectivity index is 2.16. The van der Waals surface area contributed by atoms with Crippen LogP contribution in [-0.2, 0) is 11.2 Å². The molecule has 0 fully saturated rings. The molecule has 68 valence electrons. The molecule has 2 aliphatic rings. The summed E-state index contributed by atoms with van der Waals surface area (Å²) < 4.78 is 0. The van der Waals surface area contributed by atoms with E-state index < -0.39 is 0 Å². The topological polar surface area (TPSA) is 17.1 Å². The summed E-state index contributed by atoms with van der Waals surface area (Å²) in [7, 11) is 0. The van der Waals surface area contributed by atoms with Crippen molar-refractivity contribution in [2.75, 3.05) is 0 Å². The van der Waals surface area contributed by atoms with E-state index in [0.717, 1.165) is 6.42 Å². The van der Waals surface area contributed by atoms with Crippen LogP contribution in [0.15, 0.2) is 42.0 Å². The molecule has 2 aliphatic carbocycles. The van der Waals surface area contributed by atoms with E-state index in [1.165, 1.54) is 22.3 Å². The molecule has 1 aromatic rings. The van der Waals surface area contributed by atoms with Crippen molar-refractivity contribution in [1.29, 1.82) is 0 Å². The maximum atomic E-state index is 11.3. The van der Waals surface area contributed by atoms with Crippen molar-refractivity contribution in [3.63, 3.8) is 0 Å². The highest BCUT2D eigenvalue weighted by Crippen LogP contribution is 2.37. The zero-order chi connectivity index (χ0) is 9.54. The minimum Gasteiger partial charge on any atom is -0.294 e. The summed E-state index contributed by atoms with van der Waals surface area (Å²) in [5.41, 5.74) is 5.20. The van der Waals surface area contributed by atoms with E-state index in [9.17, 15) is 4.79 Å². The molecule has 1 nitrogen and oxygen atoms in total. The van der Waals surface area contributed by atoms with Gasteiger partial charge in [-0.3, -0.25) is 4.79 Å². The summed E-state index contributed by atoms with van der Waals surface area (Å²) in [5, 5.41) is 0. The third-order valence-corrected chi connectivity index (χ3v) is 2.93. The molecule has 1 aromatic carbocycles. The molecule has 1 heteroatoms. The fraction of sp³-hybridized carbons (Fsp3) is 0.154. The molecule has 0 amide bonds. The molecule has 0 aliphatic heterocycles. The van der Waals surface area contributed by atoms with E-state index in [1.54, 1.807) is 6.08 Å². The van der Waals surface area contributed by atoms with Gasteiger partial charge < -0.3 is 0 Å². The lowest BCUT2D eigenvalue weighted by atomic mass is 9.96. The van der Waals surface area contributed by atoms with Crippen LogP contribution in [0.25, 0.3) is 5.57 Å². The molecule has 0 radical (unpaired) electrons. The van der Waals surface area contributed by atoms with Gasteiger partial charge in [0.15, 0.2) is 5.78 Å². The molecule has 0 heterocycles. The van der Waals surface area contributed by atoms with Crippen LogP contribution >= 0.6 is 0 Å². The highest BCUT2D eigenvalue weighted by atomic mass is 16.1. The number of carbonyl (C=O) groups excluding carboxylic acids is 1. The zero-order valence-electron chi connectivity index (χ0n) is 7.79. The predicted octanol–water partition coefficient (Wildman–Crippen LogP) is 2.53. The van der Waals surface area contributed by atoms with E-state index in [1.807, 2.05) is 12.1 Å². The molecular weight excluding hydrogens is 172 g/mol. The Kier molecular flexibility index (Phi) is 1.48. The number of carbonyl (C=O) groups is 1. The second-order valence-corrected chi connectivity index (χ2v) is 3.81. The van der Waals surface area contributed by atoms with Crippen LogP contribution in [-0.4, -0.2) is 5.78 Å².